The van der Waals surface area contributed by atoms with E-state index in [9.17, 15) is 18.0 Å². The lowest BCUT2D eigenvalue weighted by Gasteiger charge is -2.31. The highest BCUT2D eigenvalue weighted by atomic mass is 32.2. The van der Waals surface area contributed by atoms with Gasteiger partial charge in [-0.15, -0.1) is 0 Å². The van der Waals surface area contributed by atoms with Crippen molar-refractivity contribution in [2.24, 2.45) is 0 Å². The zero-order valence-corrected chi connectivity index (χ0v) is 15.3. The molecule has 0 aromatic heterocycles. The number of nitrogens with zero attached hydrogens (tertiary/aromatic N) is 2. The second kappa shape index (κ2) is 7.60. The molecule has 0 atom stereocenters. The third-order valence-corrected chi connectivity index (χ3v) is 6.50. The summed E-state index contributed by atoms with van der Waals surface area (Å²) in [6.07, 6.45) is -0.602. The summed E-state index contributed by atoms with van der Waals surface area (Å²) >= 11 is 0. The van der Waals surface area contributed by atoms with Crippen molar-refractivity contribution in [2.45, 2.75) is 4.90 Å². The molecule has 1 aromatic carbocycles. The summed E-state index contributed by atoms with van der Waals surface area (Å²) in [5, 5.41) is 0. The summed E-state index contributed by atoms with van der Waals surface area (Å²) in [4.78, 5) is 25.8. The molecule has 2 amide bonds. The van der Waals surface area contributed by atoms with Gasteiger partial charge in [-0.3, -0.25) is 4.79 Å². The summed E-state index contributed by atoms with van der Waals surface area (Å²) < 4.78 is 36.6. The summed E-state index contributed by atoms with van der Waals surface area (Å²) in [5.74, 6) is 0.311. The molecule has 0 bridgehead atoms. The third-order valence-electron chi connectivity index (χ3n) is 4.59. The minimum Gasteiger partial charge on any atom is -0.497 e. The van der Waals surface area contributed by atoms with Crippen molar-refractivity contribution >= 4 is 22.0 Å². The van der Waals surface area contributed by atoms with E-state index in [0.29, 0.717) is 31.9 Å². The number of carbonyl (C=O) groups excluding carboxylic acids is 2. The quantitative estimate of drug-likeness (QED) is 0.668. The van der Waals surface area contributed by atoms with Gasteiger partial charge >= 0.3 is 6.09 Å². The average Bonchev–Trinajstić information content (AvgIpc) is 3.08. The van der Waals surface area contributed by atoms with Crippen molar-refractivity contribution in [3.63, 3.8) is 0 Å². The maximum absolute atomic E-state index is 12.7. The van der Waals surface area contributed by atoms with Gasteiger partial charge in [-0.25, -0.2) is 18.1 Å². The van der Waals surface area contributed by atoms with Crippen molar-refractivity contribution < 1.29 is 32.4 Å². The molecule has 2 saturated heterocycles. The molecule has 26 heavy (non-hydrogen) atoms. The van der Waals surface area contributed by atoms with E-state index >= 15 is 0 Å². The van der Waals surface area contributed by atoms with Gasteiger partial charge in [0.1, 0.15) is 12.4 Å². The molecule has 1 aromatic rings. The van der Waals surface area contributed by atoms with Crippen LogP contribution in [0, 0.1) is 0 Å². The highest BCUT2D eigenvalue weighted by Crippen LogP contribution is 2.19. The van der Waals surface area contributed by atoms with Crippen molar-refractivity contribution in [1.29, 1.82) is 0 Å². The van der Waals surface area contributed by atoms with Crippen molar-refractivity contribution in [1.82, 2.24) is 9.21 Å². The lowest BCUT2D eigenvalue weighted by atomic mass is 10.3. The third kappa shape index (κ3) is 3.81. The van der Waals surface area contributed by atoms with E-state index in [1.165, 1.54) is 23.5 Å². The van der Waals surface area contributed by atoms with Crippen molar-refractivity contribution in [2.75, 3.05) is 53.0 Å². The van der Waals surface area contributed by atoms with Crippen LogP contribution < -0.4 is 9.64 Å². The number of carbonyl (C=O) groups is 2. The lowest BCUT2D eigenvalue weighted by molar-refractivity contribution is -0.895. The van der Waals surface area contributed by atoms with Gasteiger partial charge in [0.05, 0.1) is 44.7 Å². The van der Waals surface area contributed by atoms with E-state index in [1.807, 2.05) is 0 Å². The van der Waals surface area contributed by atoms with Gasteiger partial charge in [0.15, 0.2) is 6.54 Å². The molecule has 0 spiro atoms. The highest BCUT2D eigenvalue weighted by Gasteiger charge is 2.34. The van der Waals surface area contributed by atoms with Gasteiger partial charge in [0.25, 0.3) is 5.91 Å². The highest BCUT2D eigenvalue weighted by molar-refractivity contribution is 7.89. The number of hydrogen-bond acceptors (Lipinski definition) is 6. The van der Waals surface area contributed by atoms with Gasteiger partial charge in [-0.1, -0.05) is 0 Å². The fourth-order valence-electron chi connectivity index (χ4n) is 3.05. The first-order valence-corrected chi connectivity index (χ1v) is 9.80. The number of hydrogen-bond donors (Lipinski definition) is 1. The van der Waals surface area contributed by atoms with Crippen LogP contribution in [0.2, 0.25) is 0 Å². The molecule has 1 N–H and O–H groups in total. The largest absolute Gasteiger partial charge is 0.497 e. The lowest BCUT2D eigenvalue weighted by Crippen LogP contribution is -3.15. The zero-order chi connectivity index (χ0) is 18.7. The van der Waals surface area contributed by atoms with E-state index in [1.54, 1.807) is 12.1 Å². The fourth-order valence-corrected chi connectivity index (χ4v) is 4.49. The first kappa shape index (κ1) is 18.6. The van der Waals surface area contributed by atoms with Crippen LogP contribution in [0.3, 0.4) is 0 Å². The Bertz CT molecular complexity index is 772. The Labute approximate surface area is 152 Å². The normalized spacial score (nSPS) is 19.4. The molecule has 9 nitrogen and oxygen atoms in total. The molecule has 2 fully saturated rings. The molecule has 2 aliphatic heterocycles. The number of imide groups is 1. The Morgan fingerprint density at radius 2 is 1.85 bits per heavy atom. The maximum atomic E-state index is 12.7. The molecule has 0 unspecified atom stereocenters. The number of piperazine rings is 1. The maximum Gasteiger partial charge on any atom is 0.416 e. The number of quaternary nitrogens is 1. The molecular weight excluding hydrogens is 362 g/mol. The number of cyclic esters (lactones) is 1. The average molecular weight is 384 g/mol. The predicted molar refractivity (Wildman–Crippen MR) is 90.4 cm³/mol. The second-order valence-electron chi connectivity index (χ2n) is 6.17. The molecule has 2 heterocycles. The van der Waals surface area contributed by atoms with Crippen LogP contribution in [0.5, 0.6) is 5.75 Å². The zero-order valence-electron chi connectivity index (χ0n) is 14.5. The van der Waals surface area contributed by atoms with E-state index < -0.39 is 16.1 Å². The van der Waals surface area contributed by atoms with Gasteiger partial charge in [-0.2, -0.15) is 4.31 Å². The fraction of sp³-hybridized carbons (Fsp3) is 0.500. The van der Waals surface area contributed by atoms with E-state index in [0.717, 1.165) is 9.80 Å². The summed E-state index contributed by atoms with van der Waals surface area (Å²) in [5.41, 5.74) is 0. The van der Waals surface area contributed by atoms with Crippen LogP contribution in [0.25, 0.3) is 0 Å². The Hall–Kier alpha value is -2.17. The standard InChI is InChI=1S/C16H21N3O6S/c1-24-13-2-4-14(5-3-13)26(22,23)18-8-6-17(7-9-18)12-15(20)19-10-11-25-16(19)21/h2-5H,6-12H2,1H3/p+1. The minimum absolute atomic E-state index is 0.158. The van der Waals surface area contributed by atoms with E-state index in [-0.39, 0.29) is 30.5 Å². The monoisotopic (exact) mass is 384 g/mol. The van der Waals surface area contributed by atoms with Gasteiger partial charge < -0.3 is 14.4 Å². The molecule has 10 heteroatoms. The number of nitrogens with one attached hydrogen (secondary N) is 1. The summed E-state index contributed by atoms with van der Waals surface area (Å²) in [6.45, 7) is 2.32. The van der Waals surface area contributed by atoms with Crippen LogP contribution in [-0.4, -0.2) is 82.6 Å². The number of rotatable bonds is 5. The van der Waals surface area contributed by atoms with E-state index in [4.69, 9.17) is 9.47 Å². The number of amides is 2. The molecule has 2 aliphatic rings. The Morgan fingerprint density at radius 1 is 1.19 bits per heavy atom. The van der Waals surface area contributed by atoms with Crippen LogP contribution in [0.4, 0.5) is 4.79 Å². The molecular formula is C16H22N3O6S+. The predicted octanol–water partition coefficient (Wildman–Crippen LogP) is -1.44. The van der Waals surface area contributed by atoms with Gasteiger partial charge in [0, 0.05) is 0 Å². The first-order valence-electron chi connectivity index (χ1n) is 8.36. The number of methoxy groups -OCH3 is 1. The molecule has 0 saturated carbocycles. The number of sulfonamides is 1. The van der Waals surface area contributed by atoms with Crippen molar-refractivity contribution in [3.05, 3.63) is 24.3 Å². The Morgan fingerprint density at radius 3 is 2.38 bits per heavy atom. The summed E-state index contributed by atoms with van der Waals surface area (Å²) in [7, 11) is -2.05. The van der Waals surface area contributed by atoms with Crippen LogP contribution >= 0.6 is 0 Å². The topological polar surface area (TPSA) is 97.7 Å². The molecule has 3 rings (SSSR count). The smallest absolute Gasteiger partial charge is 0.416 e. The summed E-state index contributed by atoms with van der Waals surface area (Å²) in [6, 6.07) is 6.27. The Kier molecular flexibility index (Phi) is 5.44. The first-order chi connectivity index (χ1) is 12.4. The minimum atomic E-state index is -3.57. The van der Waals surface area contributed by atoms with Gasteiger partial charge in [0.2, 0.25) is 10.0 Å². The van der Waals surface area contributed by atoms with E-state index in [2.05, 4.69) is 0 Å². The second-order valence-corrected chi connectivity index (χ2v) is 8.10. The molecule has 142 valence electrons. The van der Waals surface area contributed by atoms with Crippen LogP contribution in [-0.2, 0) is 19.6 Å². The number of benzene rings is 1. The van der Waals surface area contributed by atoms with Crippen molar-refractivity contribution in [3.8, 4) is 5.75 Å². The SMILES string of the molecule is COc1ccc(S(=O)(=O)N2CC[NH+](CC(=O)N3CCOC3=O)CC2)cc1. The molecule has 0 radical (unpaired) electrons. The Balaban J connectivity index is 1.57. The number of ether oxygens (including phenoxy) is 2. The van der Waals surface area contributed by atoms with Crippen LogP contribution in [0.15, 0.2) is 29.2 Å². The van der Waals surface area contributed by atoms with Crippen LogP contribution in [0.1, 0.15) is 0 Å². The molecule has 0 aliphatic carbocycles. The van der Waals surface area contributed by atoms with Gasteiger partial charge in [-0.05, 0) is 24.3 Å².